The van der Waals surface area contributed by atoms with Gasteiger partial charge in [0, 0.05) is 11.1 Å². The van der Waals surface area contributed by atoms with Gasteiger partial charge in [-0.2, -0.15) is 5.26 Å². The number of sulfonamides is 1. The predicted molar refractivity (Wildman–Crippen MR) is 94.0 cm³/mol. The number of nitriles is 1. The molecular formula is C18H13F2N3O4S. The molecule has 3 rings (SSSR count). The van der Waals surface area contributed by atoms with Gasteiger partial charge in [0.05, 0.1) is 17.2 Å². The SMILES string of the molecule is Cc1ccc(-c2noc(CO)c2-c2cc(F)c(S(N)(=O)=O)cc2F)cc1C#N. The van der Waals surface area contributed by atoms with Crippen molar-refractivity contribution in [3.63, 3.8) is 0 Å². The van der Waals surface area contributed by atoms with Crippen molar-refractivity contribution < 1.29 is 26.8 Å². The van der Waals surface area contributed by atoms with Gasteiger partial charge in [0.25, 0.3) is 0 Å². The van der Waals surface area contributed by atoms with E-state index in [1.165, 1.54) is 6.07 Å². The van der Waals surface area contributed by atoms with Crippen molar-refractivity contribution in [2.75, 3.05) is 0 Å². The minimum Gasteiger partial charge on any atom is -0.388 e. The molecule has 0 saturated carbocycles. The number of aromatic nitrogens is 1. The van der Waals surface area contributed by atoms with Crippen LogP contribution in [0.4, 0.5) is 8.78 Å². The topological polar surface area (TPSA) is 130 Å². The Labute approximate surface area is 158 Å². The Bertz CT molecular complexity index is 1230. The summed E-state index contributed by atoms with van der Waals surface area (Å²) in [5, 5.41) is 27.4. The van der Waals surface area contributed by atoms with Crippen LogP contribution >= 0.6 is 0 Å². The second-order valence-electron chi connectivity index (χ2n) is 5.94. The lowest BCUT2D eigenvalue weighted by Gasteiger charge is -2.09. The van der Waals surface area contributed by atoms with Gasteiger partial charge in [-0.3, -0.25) is 0 Å². The van der Waals surface area contributed by atoms with E-state index < -0.39 is 33.2 Å². The lowest BCUT2D eigenvalue weighted by atomic mass is 9.96. The number of nitrogens with zero attached hydrogens (tertiary/aromatic N) is 2. The molecule has 0 aliphatic heterocycles. The Morgan fingerprint density at radius 1 is 1.25 bits per heavy atom. The molecule has 7 nitrogen and oxygen atoms in total. The number of benzene rings is 2. The molecule has 0 unspecified atom stereocenters. The maximum atomic E-state index is 14.7. The van der Waals surface area contributed by atoms with Gasteiger partial charge in [0.1, 0.15) is 28.8 Å². The molecule has 0 spiro atoms. The maximum Gasteiger partial charge on any atom is 0.241 e. The average molecular weight is 405 g/mol. The molecule has 1 aromatic heterocycles. The van der Waals surface area contributed by atoms with Crippen LogP contribution in [0.1, 0.15) is 16.9 Å². The fraction of sp³-hybridized carbons (Fsp3) is 0.111. The molecule has 0 amide bonds. The zero-order valence-corrected chi connectivity index (χ0v) is 15.2. The molecule has 0 aliphatic carbocycles. The smallest absolute Gasteiger partial charge is 0.241 e. The molecule has 0 bridgehead atoms. The van der Waals surface area contributed by atoms with E-state index in [0.717, 1.165) is 0 Å². The van der Waals surface area contributed by atoms with E-state index >= 15 is 0 Å². The third kappa shape index (κ3) is 3.38. The molecule has 144 valence electrons. The Hall–Kier alpha value is -3.13. The predicted octanol–water partition coefficient (Wildman–Crippen LogP) is 2.61. The highest BCUT2D eigenvalue weighted by Gasteiger charge is 2.25. The van der Waals surface area contributed by atoms with Crippen LogP contribution in [0.25, 0.3) is 22.4 Å². The zero-order chi connectivity index (χ0) is 20.6. The second kappa shape index (κ2) is 7.12. The molecule has 0 atom stereocenters. The van der Waals surface area contributed by atoms with E-state index in [4.69, 9.17) is 9.66 Å². The third-order valence-electron chi connectivity index (χ3n) is 4.14. The summed E-state index contributed by atoms with van der Waals surface area (Å²) in [6.45, 7) is 1.06. The number of rotatable bonds is 4. The normalized spacial score (nSPS) is 11.4. The zero-order valence-electron chi connectivity index (χ0n) is 14.4. The molecule has 10 heteroatoms. The van der Waals surface area contributed by atoms with Crippen molar-refractivity contribution in [1.82, 2.24) is 5.16 Å². The van der Waals surface area contributed by atoms with Gasteiger partial charge in [0.2, 0.25) is 10.0 Å². The number of hydrogen-bond donors (Lipinski definition) is 2. The summed E-state index contributed by atoms with van der Waals surface area (Å²) in [7, 11) is -4.47. The number of halogens is 2. The van der Waals surface area contributed by atoms with Gasteiger partial charge < -0.3 is 9.63 Å². The largest absolute Gasteiger partial charge is 0.388 e. The minimum atomic E-state index is -4.47. The van der Waals surface area contributed by atoms with Crippen molar-refractivity contribution in [2.24, 2.45) is 5.14 Å². The van der Waals surface area contributed by atoms with Crippen LogP contribution in [0.15, 0.2) is 39.8 Å². The summed E-state index contributed by atoms with van der Waals surface area (Å²) >= 11 is 0. The lowest BCUT2D eigenvalue weighted by molar-refractivity contribution is 0.230. The van der Waals surface area contributed by atoms with Gasteiger partial charge in [-0.1, -0.05) is 17.3 Å². The molecular weight excluding hydrogens is 392 g/mol. The number of primary sulfonamides is 1. The molecule has 2 aromatic carbocycles. The molecule has 0 saturated heterocycles. The highest BCUT2D eigenvalue weighted by atomic mass is 32.2. The first-order chi connectivity index (χ1) is 13.2. The molecule has 1 heterocycles. The van der Waals surface area contributed by atoms with E-state index in [-0.39, 0.29) is 22.6 Å². The third-order valence-corrected chi connectivity index (χ3v) is 5.06. The van der Waals surface area contributed by atoms with Crippen LogP contribution in [0.2, 0.25) is 0 Å². The van der Waals surface area contributed by atoms with Crippen LogP contribution in [0, 0.1) is 29.9 Å². The number of aliphatic hydroxyl groups is 1. The first kappa shape index (κ1) is 19.6. The minimum absolute atomic E-state index is 0.0576. The van der Waals surface area contributed by atoms with Crippen LogP contribution in [-0.4, -0.2) is 18.7 Å². The Kier molecular flexibility index (Phi) is 4.99. The fourth-order valence-electron chi connectivity index (χ4n) is 2.73. The standard InChI is InChI=1S/C18H13F2N3O4S/c1-9-2-3-10(4-11(9)7-21)18-17(15(8-24)27-23-18)12-5-14(20)16(6-13(12)19)28(22,25)26/h2-6,24H,8H2,1H3,(H2,22,25,26). The summed E-state index contributed by atoms with van der Waals surface area (Å²) in [5.74, 6) is -2.52. The number of aliphatic hydroxyl groups excluding tert-OH is 1. The number of hydrogen-bond acceptors (Lipinski definition) is 6. The highest BCUT2D eigenvalue weighted by molar-refractivity contribution is 7.89. The van der Waals surface area contributed by atoms with Crippen LogP contribution in [0.3, 0.4) is 0 Å². The van der Waals surface area contributed by atoms with Crippen molar-refractivity contribution in [3.05, 3.63) is 58.9 Å². The molecule has 0 fully saturated rings. The highest BCUT2D eigenvalue weighted by Crippen LogP contribution is 2.38. The Morgan fingerprint density at radius 3 is 2.57 bits per heavy atom. The summed E-state index contributed by atoms with van der Waals surface area (Å²) < 4.78 is 56.7. The monoisotopic (exact) mass is 405 g/mol. The number of aryl methyl sites for hydroxylation is 1. The Balaban J connectivity index is 2.29. The summed E-state index contributed by atoms with van der Waals surface area (Å²) in [4.78, 5) is -1.00. The number of nitrogens with two attached hydrogens (primary N) is 1. The first-order valence-electron chi connectivity index (χ1n) is 7.80. The van der Waals surface area contributed by atoms with E-state index in [9.17, 15) is 27.6 Å². The van der Waals surface area contributed by atoms with Gasteiger partial charge >= 0.3 is 0 Å². The van der Waals surface area contributed by atoms with Gasteiger partial charge in [-0.25, -0.2) is 22.3 Å². The van der Waals surface area contributed by atoms with Crippen LogP contribution in [0.5, 0.6) is 0 Å². The quantitative estimate of drug-likeness (QED) is 0.686. The molecule has 3 N–H and O–H groups in total. The average Bonchev–Trinajstić information content (AvgIpc) is 3.06. The lowest BCUT2D eigenvalue weighted by Crippen LogP contribution is -2.14. The summed E-state index contributed by atoms with van der Waals surface area (Å²) in [6.07, 6.45) is 0. The molecule has 0 radical (unpaired) electrons. The summed E-state index contributed by atoms with van der Waals surface area (Å²) in [6, 6.07) is 7.84. The molecule has 0 aliphatic rings. The van der Waals surface area contributed by atoms with Crippen LogP contribution in [-0.2, 0) is 16.6 Å². The molecule has 3 aromatic rings. The van der Waals surface area contributed by atoms with Crippen LogP contribution < -0.4 is 5.14 Å². The fourth-order valence-corrected chi connectivity index (χ4v) is 3.33. The first-order valence-corrected chi connectivity index (χ1v) is 9.34. The van der Waals surface area contributed by atoms with Gasteiger partial charge in [-0.05, 0) is 30.7 Å². The van der Waals surface area contributed by atoms with Crippen molar-refractivity contribution >= 4 is 10.0 Å². The van der Waals surface area contributed by atoms with Crippen molar-refractivity contribution in [2.45, 2.75) is 18.4 Å². The van der Waals surface area contributed by atoms with Gasteiger partial charge in [0.15, 0.2) is 5.76 Å². The molecule has 28 heavy (non-hydrogen) atoms. The maximum absolute atomic E-state index is 14.7. The van der Waals surface area contributed by atoms with E-state index in [2.05, 4.69) is 5.16 Å². The second-order valence-corrected chi connectivity index (χ2v) is 7.47. The Morgan fingerprint density at radius 2 is 1.96 bits per heavy atom. The van der Waals surface area contributed by atoms with Gasteiger partial charge in [-0.15, -0.1) is 0 Å². The van der Waals surface area contributed by atoms with E-state index in [0.29, 0.717) is 28.8 Å². The van der Waals surface area contributed by atoms with Crippen molar-refractivity contribution in [3.8, 4) is 28.5 Å². The van der Waals surface area contributed by atoms with E-state index in [1.807, 2.05) is 6.07 Å². The summed E-state index contributed by atoms with van der Waals surface area (Å²) in [5.41, 5.74) is 1.04. The van der Waals surface area contributed by atoms with Crippen molar-refractivity contribution in [1.29, 1.82) is 5.26 Å². The van der Waals surface area contributed by atoms with E-state index in [1.54, 1.807) is 19.1 Å².